The zero-order chi connectivity index (χ0) is 39.7. The van der Waals surface area contributed by atoms with Gasteiger partial charge in [0.1, 0.15) is 23.3 Å². The van der Waals surface area contributed by atoms with Gasteiger partial charge in [0.05, 0.1) is 13.1 Å². The fraction of sp³-hybridized carbons (Fsp3) is 0.500. The molecule has 0 fully saturated rings. The number of ketones is 2. The average Bonchev–Trinajstić information content (AvgIpc) is 3.00. The van der Waals surface area contributed by atoms with Gasteiger partial charge in [-0.2, -0.15) is 0 Å². The first kappa shape index (κ1) is 43.0. The Morgan fingerprint density at radius 2 is 0.808 bits per heavy atom. The maximum atomic E-state index is 12.9. The maximum absolute atomic E-state index is 12.9. The van der Waals surface area contributed by atoms with Crippen molar-refractivity contribution in [3.8, 4) is 11.8 Å². The van der Waals surface area contributed by atoms with Gasteiger partial charge in [-0.1, -0.05) is 77.6 Å². The quantitative estimate of drug-likeness (QED) is 0.183. The molecular weight excluding hydrogens is 664 g/mol. The van der Waals surface area contributed by atoms with Crippen LogP contribution in [0.4, 0.5) is 9.59 Å². The van der Waals surface area contributed by atoms with E-state index in [1.807, 2.05) is 0 Å². The molecule has 12 nitrogen and oxygen atoms in total. The summed E-state index contributed by atoms with van der Waals surface area (Å²) in [7, 11) is 0. The van der Waals surface area contributed by atoms with Gasteiger partial charge in [-0.15, -0.1) is 0 Å². The molecule has 2 aromatic rings. The summed E-state index contributed by atoms with van der Waals surface area (Å²) in [6.07, 6.45) is -1.45. The molecule has 0 bridgehead atoms. The number of rotatable bonds is 10. The number of nitrogens with one attached hydrogen (secondary N) is 4. The third-order valence-corrected chi connectivity index (χ3v) is 7.19. The molecule has 0 aromatic heterocycles. The number of benzene rings is 2. The van der Waals surface area contributed by atoms with Crippen LogP contribution in [0.5, 0.6) is 0 Å². The van der Waals surface area contributed by atoms with Crippen molar-refractivity contribution in [3.05, 3.63) is 70.8 Å². The first-order valence-corrected chi connectivity index (χ1v) is 17.1. The van der Waals surface area contributed by atoms with E-state index in [-0.39, 0.29) is 24.7 Å². The Kier molecular flexibility index (Phi) is 14.3. The first-order valence-electron chi connectivity index (χ1n) is 17.1. The molecule has 2 aromatic carbocycles. The van der Waals surface area contributed by atoms with Gasteiger partial charge in [0.2, 0.25) is 11.8 Å². The van der Waals surface area contributed by atoms with Crippen LogP contribution < -0.4 is 21.3 Å². The molecule has 4 N–H and O–H groups in total. The van der Waals surface area contributed by atoms with E-state index in [9.17, 15) is 28.8 Å². The van der Waals surface area contributed by atoms with Gasteiger partial charge in [-0.25, -0.2) is 9.59 Å². The van der Waals surface area contributed by atoms with Crippen molar-refractivity contribution in [1.29, 1.82) is 0 Å². The molecule has 0 heterocycles. The van der Waals surface area contributed by atoms with Gasteiger partial charge in [0.15, 0.2) is 11.6 Å². The van der Waals surface area contributed by atoms with Crippen molar-refractivity contribution in [3.63, 3.8) is 0 Å². The van der Waals surface area contributed by atoms with Crippen molar-refractivity contribution in [2.24, 2.45) is 10.8 Å². The summed E-state index contributed by atoms with van der Waals surface area (Å²) in [6, 6.07) is 11.3. The second kappa shape index (κ2) is 17.4. The number of carbonyl (C=O) groups excluding carboxylic acids is 6. The van der Waals surface area contributed by atoms with Crippen LogP contribution in [0.1, 0.15) is 115 Å². The highest BCUT2D eigenvalue weighted by molar-refractivity contribution is 6.01. The molecule has 2 atom stereocenters. The minimum absolute atomic E-state index is 0.263. The van der Waals surface area contributed by atoms with E-state index in [1.54, 1.807) is 132 Å². The number of Topliss-reactive ketones (excluding diaryl/α,β-unsaturated/α-hetero) is 2. The molecule has 0 spiro atoms. The van der Waals surface area contributed by atoms with E-state index in [2.05, 4.69) is 33.1 Å². The van der Waals surface area contributed by atoms with Gasteiger partial charge >= 0.3 is 12.2 Å². The van der Waals surface area contributed by atoms with Crippen LogP contribution in [-0.2, 0) is 19.1 Å². The molecule has 52 heavy (non-hydrogen) atoms. The smallest absolute Gasteiger partial charge is 0.408 e. The number of carbonyl (C=O) groups is 6. The largest absolute Gasteiger partial charge is 0.444 e. The lowest BCUT2D eigenvalue weighted by Gasteiger charge is -2.31. The highest BCUT2D eigenvalue weighted by atomic mass is 16.6. The monoisotopic (exact) mass is 718 g/mol. The summed E-state index contributed by atoms with van der Waals surface area (Å²) in [5.41, 5.74) is -0.700. The normalized spacial score (nSPS) is 12.9. The van der Waals surface area contributed by atoms with Gasteiger partial charge in [0.25, 0.3) is 0 Å². The van der Waals surface area contributed by atoms with Crippen LogP contribution >= 0.6 is 0 Å². The molecule has 0 aliphatic heterocycles. The Labute approximate surface area is 307 Å². The van der Waals surface area contributed by atoms with Crippen molar-refractivity contribution in [2.75, 3.05) is 13.1 Å². The first-order chi connectivity index (χ1) is 23.7. The molecule has 0 aliphatic carbocycles. The van der Waals surface area contributed by atoms with E-state index in [1.165, 1.54) is 0 Å². The van der Waals surface area contributed by atoms with Crippen LogP contribution in [0.2, 0.25) is 0 Å². The number of amides is 4. The molecule has 1 unspecified atom stereocenters. The standard InChI is InChI=1S/C40H54N4O8/c1-37(2,3)31(43-35(49)51-39(7,8)9)33(47)41-23-29(45)27-19-15-25(16-20-27)13-14-26-17-21-28(22-18-26)30(46)24-42-34(48)32(38(4,5)6)44-36(50)52-40(10,11)12/h15-22,31-32H,23-24H2,1-12H3,(H,41,47)(H,42,48)(H,43,49)(H,44,50)/t31-,32?/m1/s1. The molecule has 4 amide bonds. The summed E-state index contributed by atoms with van der Waals surface area (Å²) in [5, 5.41) is 10.4. The number of hydrogen-bond acceptors (Lipinski definition) is 8. The Hall–Kier alpha value is -5.18. The zero-order valence-electron chi connectivity index (χ0n) is 32.5. The van der Waals surface area contributed by atoms with E-state index in [0.29, 0.717) is 22.3 Å². The van der Waals surface area contributed by atoms with Gasteiger partial charge in [0, 0.05) is 22.3 Å². The fourth-order valence-corrected chi connectivity index (χ4v) is 4.57. The van der Waals surface area contributed by atoms with Gasteiger partial charge < -0.3 is 30.7 Å². The van der Waals surface area contributed by atoms with E-state index >= 15 is 0 Å². The average molecular weight is 719 g/mol. The van der Waals surface area contributed by atoms with Crippen LogP contribution in [-0.4, -0.2) is 71.9 Å². The third kappa shape index (κ3) is 15.0. The van der Waals surface area contributed by atoms with Crippen LogP contribution in [0.25, 0.3) is 0 Å². The molecular formula is C40H54N4O8. The Balaban J connectivity index is 1.97. The van der Waals surface area contributed by atoms with E-state index < -0.39 is 58.1 Å². The highest BCUT2D eigenvalue weighted by Crippen LogP contribution is 2.21. The molecule has 12 heteroatoms. The summed E-state index contributed by atoms with van der Waals surface area (Å²) in [5.74, 6) is 4.39. The fourth-order valence-electron chi connectivity index (χ4n) is 4.57. The lowest BCUT2D eigenvalue weighted by molar-refractivity contribution is -0.126. The van der Waals surface area contributed by atoms with E-state index in [4.69, 9.17) is 9.47 Å². The predicted molar refractivity (Wildman–Crippen MR) is 199 cm³/mol. The van der Waals surface area contributed by atoms with Crippen molar-refractivity contribution >= 4 is 35.6 Å². The molecule has 0 radical (unpaired) electrons. The lowest BCUT2D eigenvalue weighted by Crippen LogP contribution is -2.55. The summed E-state index contributed by atoms with van der Waals surface area (Å²) < 4.78 is 10.6. The molecule has 0 aliphatic rings. The number of ether oxygens (including phenoxy) is 2. The summed E-state index contributed by atoms with van der Waals surface area (Å²) in [4.78, 5) is 76.1. The van der Waals surface area contributed by atoms with Crippen LogP contribution in [0.3, 0.4) is 0 Å². The summed E-state index contributed by atoms with van der Waals surface area (Å²) in [6.45, 7) is 20.6. The van der Waals surface area contributed by atoms with Gasteiger partial charge in [-0.3, -0.25) is 19.2 Å². The molecule has 282 valence electrons. The Morgan fingerprint density at radius 3 is 1.06 bits per heavy atom. The van der Waals surface area contributed by atoms with Crippen LogP contribution in [0, 0.1) is 22.7 Å². The lowest BCUT2D eigenvalue weighted by atomic mass is 9.86. The number of alkyl carbamates (subject to hydrolysis) is 2. The minimum Gasteiger partial charge on any atom is -0.444 e. The Morgan fingerprint density at radius 1 is 0.519 bits per heavy atom. The maximum Gasteiger partial charge on any atom is 0.408 e. The van der Waals surface area contributed by atoms with Crippen molar-refractivity contribution < 1.29 is 38.2 Å². The van der Waals surface area contributed by atoms with Crippen molar-refractivity contribution in [1.82, 2.24) is 21.3 Å². The topological polar surface area (TPSA) is 169 Å². The second-order valence-corrected chi connectivity index (χ2v) is 16.6. The highest BCUT2D eigenvalue weighted by Gasteiger charge is 2.35. The SMILES string of the molecule is CC(C)(C)OC(=O)NC(C(=O)NCC(=O)c1ccc(C#Cc2ccc(C(=O)CNC(=O)[C@@H](NC(=O)OC(C)(C)C)C(C)(C)C)cc2)cc1)C(C)(C)C. The third-order valence-electron chi connectivity index (χ3n) is 7.19. The molecule has 0 saturated heterocycles. The Bertz CT molecular complexity index is 1550. The minimum atomic E-state index is -0.929. The zero-order valence-corrected chi connectivity index (χ0v) is 32.5. The van der Waals surface area contributed by atoms with E-state index in [0.717, 1.165) is 0 Å². The second-order valence-electron chi connectivity index (χ2n) is 16.6. The molecule has 2 rings (SSSR count). The van der Waals surface area contributed by atoms with Crippen molar-refractivity contribution in [2.45, 2.75) is 106 Å². The predicted octanol–water partition coefficient (Wildman–Crippen LogP) is 5.56. The van der Waals surface area contributed by atoms with Crippen LogP contribution in [0.15, 0.2) is 48.5 Å². The summed E-state index contributed by atoms with van der Waals surface area (Å²) >= 11 is 0. The number of hydrogen-bond donors (Lipinski definition) is 4. The molecule has 0 saturated carbocycles. The van der Waals surface area contributed by atoms with Gasteiger partial charge in [-0.05, 0) is 76.6 Å².